The molecule has 3 aliphatic rings. The lowest BCUT2D eigenvalue weighted by Crippen LogP contribution is -2.57. The van der Waals surface area contributed by atoms with Crippen LogP contribution in [0.3, 0.4) is 0 Å². The fraction of sp³-hybridized carbons (Fsp3) is 0.571. The number of aryl methyl sites for hydroxylation is 1. The molecular weight excluding hydrogens is 514 g/mol. The maximum absolute atomic E-state index is 13.4. The minimum Gasteiger partial charge on any atom is -0.468 e. The molecular formula is C28H35N7O5. The highest BCUT2D eigenvalue weighted by Gasteiger charge is 2.51. The van der Waals surface area contributed by atoms with E-state index in [0.717, 1.165) is 31.4 Å². The number of fused-ring (bicyclic) bond motifs is 1. The van der Waals surface area contributed by atoms with Crippen molar-refractivity contribution in [2.24, 2.45) is 23.2 Å². The van der Waals surface area contributed by atoms with Crippen molar-refractivity contribution in [1.82, 2.24) is 35.0 Å². The first-order chi connectivity index (χ1) is 19.3. The molecule has 1 aliphatic heterocycles. The van der Waals surface area contributed by atoms with E-state index in [9.17, 15) is 19.5 Å². The Morgan fingerprint density at radius 2 is 1.98 bits per heavy atom. The maximum Gasteiger partial charge on any atom is 0.321 e. The number of hydrogen-bond acceptors (Lipinski definition) is 8. The monoisotopic (exact) mass is 549 g/mol. The van der Waals surface area contributed by atoms with Crippen LogP contribution in [0.1, 0.15) is 66.9 Å². The van der Waals surface area contributed by atoms with E-state index in [0.29, 0.717) is 41.3 Å². The number of rotatable bonds is 10. The van der Waals surface area contributed by atoms with Gasteiger partial charge in [0.25, 0.3) is 5.91 Å². The number of nitrogens with one attached hydrogen (secondary N) is 2. The van der Waals surface area contributed by atoms with Gasteiger partial charge in [-0.25, -0.2) is 9.50 Å². The standard InChI is InChI=1S/C28H35N7O5/c1-3-34-21(10-11-30-34)25(37)32-24(23(16-4-5-16)17-6-7-17)20-15-35-22(31-20)9-8-18(33-35)12-28(27(39)40-2)13-19(36)14-29-26(28)38/h8-11,15-17,19,23-24,36H,3-7,12-14H2,1-2H3,(H,29,38)(H,32,37)/t19?,24-,28?/m1/s1. The Morgan fingerprint density at radius 3 is 2.65 bits per heavy atom. The highest BCUT2D eigenvalue weighted by molar-refractivity contribution is 6.03. The number of methoxy groups -OCH3 is 1. The lowest BCUT2D eigenvalue weighted by Gasteiger charge is -2.35. The molecule has 3 N–H and O–H groups in total. The Hall–Kier alpha value is -3.80. The van der Waals surface area contributed by atoms with Gasteiger partial charge in [0, 0.05) is 32.1 Å². The normalized spacial score (nSPS) is 23.7. The molecule has 0 radical (unpaired) electrons. The maximum atomic E-state index is 13.4. The first-order valence-electron chi connectivity index (χ1n) is 14.1. The third-order valence-corrected chi connectivity index (χ3v) is 8.54. The second-order valence-corrected chi connectivity index (χ2v) is 11.3. The van der Waals surface area contributed by atoms with Crippen LogP contribution in [0.15, 0.2) is 30.6 Å². The zero-order valence-electron chi connectivity index (χ0n) is 22.7. The highest BCUT2D eigenvalue weighted by Crippen LogP contribution is 2.54. The van der Waals surface area contributed by atoms with Crippen LogP contribution in [0, 0.1) is 23.2 Å². The fourth-order valence-corrected chi connectivity index (χ4v) is 6.29. The van der Waals surface area contributed by atoms with Gasteiger partial charge in [-0.05, 0) is 68.6 Å². The third-order valence-electron chi connectivity index (χ3n) is 8.54. The molecule has 2 amide bonds. The molecule has 2 unspecified atom stereocenters. The second-order valence-electron chi connectivity index (χ2n) is 11.3. The Morgan fingerprint density at radius 1 is 1.23 bits per heavy atom. The molecule has 212 valence electrons. The number of imidazole rings is 1. The minimum absolute atomic E-state index is 0.0278. The summed E-state index contributed by atoms with van der Waals surface area (Å²) in [5.41, 5.74) is 0.765. The third kappa shape index (κ3) is 4.85. The molecule has 3 aromatic heterocycles. The zero-order chi connectivity index (χ0) is 28.0. The molecule has 2 saturated carbocycles. The lowest BCUT2D eigenvalue weighted by atomic mass is 9.75. The number of hydrogen-bond donors (Lipinski definition) is 3. The van der Waals surface area contributed by atoms with Crippen molar-refractivity contribution in [3.8, 4) is 0 Å². The predicted octanol–water partition coefficient (Wildman–Crippen LogP) is 1.44. The average Bonchev–Trinajstić information content (AvgIpc) is 3.88. The number of β-amino-alcohol motifs (C(OH)–C–C–N with tert-alkyl or cyclic N) is 1. The van der Waals surface area contributed by atoms with E-state index in [-0.39, 0.29) is 31.3 Å². The molecule has 0 spiro atoms. The molecule has 3 aromatic rings. The van der Waals surface area contributed by atoms with Crippen molar-refractivity contribution in [3.63, 3.8) is 0 Å². The predicted molar refractivity (Wildman–Crippen MR) is 142 cm³/mol. The number of carbonyl (C=O) groups is 3. The number of aromatic nitrogens is 5. The summed E-state index contributed by atoms with van der Waals surface area (Å²) >= 11 is 0. The molecule has 3 atom stereocenters. The lowest BCUT2D eigenvalue weighted by molar-refractivity contribution is -0.164. The van der Waals surface area contributed by atoms with Gasteiger partial charge in [-0.3, -0.25) is 19.1 Å². The molecule has 12 nitrogen and oxygen atoms in total. The van der Waals surface area contributed by atoms with Gasteiger partial charge in [0.15, 0.2) is 11.1 Å². The van der Waals surface area contributed by atoms with E-state index in [4.69, 9.17) is 9.72 Å². The number of nitrogens with zero attached hydrogens (tertiary/aromatic N) is 5. The van der Waals surface area contributed by atoms with E-state index in [1.165, 1.54) is 7.11 Å². The van der Waals surface area contributed by atoms with Gasteiger partial charge in [0.05, 0.1) is 36.8 Å². The summed E-state index contributed by atoms with van der Waals surface area (Å²) in [4.78, 5) is 43.9. The first-order valence-corrected chi connectivity index (χ1v) is 14.1. The Labute approximate surface area is 231 Å². The van der Waals surface area contributed by atoms with Crippen molar-refractivity contribution >= 4 is 23.4 Å². The minimum atomic E-state index is -1.57. The molecule has 1 saturated heterocycles. The summed E-state index contributed by atoms with van der Waals surface area (Å²) in [5.74, 6) is 0.0350. The molecule has 0 aromatic carbocycles. The Kier molecular flexibility index (Phi) is 6.81. The van der Waals surface area contributed by atoms with Gasteiger partial charge in [-0.15, -0.1) is 0 Å². The number of amides is 2. The summed E-state index contributed by atoms with van der Waals surface area (Å²) in [6.45, 7) is 2.63. The molecule has 40 heavy (non-hydrogen) atoms. The van der Waals surface area contributed by atoms with Crippen LogP contribution < -0.4 is 10.6 Å². The zero-order valence-corrected chi connectivity index (χ0v) is 22.7. The largest absolute Gasteiger partial charge is 0.468 e. The second kappa shape index (κ2) is 10.3. The number of aliphatic hydroxyl groups is 1. The van der Waals surface area contributed by atoms with Crippen molar-refractivity contribution in [3.05, 3.63) is 47.7 Å². The SMILES string of the molecule is CCn1nccc1C(=O)N[C@H](c1cn2nc(CC3(C(=O)OC)CC(O)CNC3=O)ccc2n1)C(C1CC1)C1CC1. The van der Waals surface area contributed by atoms with E-state index in [1.54, 1.807) is 33.6 Å². The molecule has 4 heterocycles. The fourth-order valence-electron chi connectivity index (χ4n) is 6.29. The van der Waals surface area contributed by atoms with Crippen molar-refractivity contribution in [1.29, 1.82) is 0 Å². The van der Waals surface area contributed by atoms with Crippen molar-refractivity contribution in [2.45, 2.75) is 64.1 Å². The molecule has 12 heteroatoms. The summed E-state index contributed by atoms with van der Waals surface area (Å²) in [7, 11) is 1.23. The molecule has 3 fully saturated rings. The topological polar surface area (TPSA) is 153 Å². The van der Waals surface area contributed by atoms with Gasteiger partial charge in [0.1, 0.15) is 5.69 Å². The van der Waals surface area contributed by atoms with Crippen LogP contribution >= 0.6 is 0 Å². The summed E-state index contributed by atoms with van der Waals surface area (Å²) in [6.07, 6.45) is 7.14. The number of carbonyl (C=O) groups excluding carboxylic acids is 3. The smallest absolute Gasteiger partial charge is 0.321 e. The van der Waals surface area contributed by atoms with Crippen LogP contribution in [-0.2, 0) is 27.3 Å². The van der Waals surface area contributed by atoms with Crippen LogP contribution in [0.4, 0.5) is 0 Å². The van der Waals surface area contributed by atoms with Gasteiger partial charge in [0.2, 0.25) is 5.91 Å². The van der Waals surface area contributed by atoms with Crippen LogP contribution in [0.2, 0.25) is 0 Å². The summed E-state index contributed by atoms with van der Waals surface area (Å²) < 4.78 is 8.29. The highest BCUT2D eigenvalue weighted by atomic mass is 16.5. The molecule has 2 aliphatic carbocycles. The van der Waals surface area contributed by atoms with Crippen LogP contribution in [0.25, 0.3) is 5.65 Å². The van der Waals surface area contributed by atoms with Crippen LogP contribution in [-0.4, -0.2) is 67.0 Å². The van der Waals surface area contributed by atoms with Gasteiger partial charge in [-0.1, -0.05) is 0 Å². The average molecular weight is 550 g/mol. The van der Waals surface area contributed by atoms with E-state index < -0.39 is 23.4 Å². The Bertz CT molecular complexity index is 1420. The van der Waals surface area contributed by atoms with Crippen molar-refractivity contribution in [2.75, 3.05) is 13.7 Å². The summed E-state index contributed by atoms with van der Waals surface area (Å²) in [5, 5.41) is 25.1. The molecule has 6 rings (SSSR count). The van der Waals surface area contributed by atoms with Gasteiger partial charge < -0.3 is 20.5 Å². The van der Waals surface area contributed by atoms with E-state index in [1.807, 2.05) is 13.1 Å². The van der Waals surface area contributed by atoms with Crippen molar-refractivity contribution < 1.29 is 24.2 Å². The number of esters is 1. The van der Waals surface area contributed by atoms with Gasteiger partial charge in [-0.2, -0.15) is 10.2 Å². The molecule has 0 bridgehead atoms. The van der Waals surface area contributed by atoms with Gasteiger partial charge >= 0.3 is 5.97 Å². The number of piperidine rings is 1. The quantitative estimate of drug-likeness (QED) is 0.254. The number of aliphatic hydroxyl groups excluding tert-OH is 1. The van der Waals surface area contributed by atoms with Crippen LogP contribution in [0.5, 0.6) is 0 Å². The summed E-state index contributed by atoms with van der Waals surface area (Å²) in [6, 6.07) is 4.98. The van der Waals surface area contributed by atoms with E-state index in [2.05, 4.69) is 20.8 Å². The first kappa shape index (κ1) is 26.4. The van der Waals surface area contributed by atoms with E-state index >= 15 is 0 Å². The number of ether oxygens (including phenoxy) is 1. The Balaban J connectivity index is 1.32.